The first-order valence-electron chi connectivity index (χ1n) is 6.36. The lowest BCUT2D eigenvalue weighted by Crippen LogP contribution is -2.19. The molecule has 0 aliphatic rings. The highest BCUT2D eigenvalue weighted by Gasteiger charge is 2.27. The Morgan fingerprint density at radius 2 is 1.65 bits per heavy atom. The highest BCUT2D eigenvalue weighted by molar-refractivity contribution is 6.06. The Morgan fingerprint density at radius 1 is 1.09 bits per heavy atom. The Labute approximate surface area is 130 Å². The molecule has 0 unspecified atom stereocenters. The summed E-state index contributed by atoms with van der Waals surface area (Å²) in [6.07, 6.45) is 0.639. The van der Waals surface area contributed by atoms with Crippen LogP contribution in [-0.4, -0.2) is 45.8 Å². The molecule has 8 heteroatoms. The molecule has 0 aliphatic carbocycles. The first kappa shape index (κ1) is 17.9. The number of carboxylic acids is 3. The van der Waals surface area contributed by atoms with Gasteiger partial charge in [-0.15, -0.1) is 0 Å². The Balaban J connectivity index is 3.49. The van der Waals surface area contributed by atoms with Crippen molar-refractivity contribution in [1.29, 1.82) is 0 Å². The number of hydrogen-bond acceptors (Lipinski definition) is 5. The van der Waals surface area contributed by atoms with Crippen LogP contribution >= 0.6 is 0 Å². The van der Waals surface area contributed by atoms with E-state index in [0.717, 1.165) is 12.1 Å². The van der Waals surface area contributed by atoms with E-state index in [9.17, 15) is 29.4 Å². The van der Waals surface area contributed by atoms with Crippen LogP contribution in [0.15, 0.2) is 18.7 Å². The maximum absolute atomic E-state index is 11.4. The molecule has 0 saturated heterocycles. The minimum Gasteiger partial charge on any atom is -0.478 e. The second-order valence-electron chi connectivity index (χ2n) is 4.51. The number of aromatic carboxylic acids is 3. The van der Waals surface area contributed by atoms with E-state index in [0.29, 0.717) is 0 Å². The molecule has 122 valence electrons. The monoisotopic (exact) mass is 322 g/mol. The number of ether oxygens (including phenoxy) is 1. The normalized spacial score (nSPS) is 9.96. The Kier molecular flexibility index (Phi) is 5.61. The average Bonchev–Trinajstić information content (AvgIpc) is 2.45. The molecule has 8 nitrogen and oxygen atoms in total. The molecular weight excluding hydrogens is 308 g/mol. The van der Waals surface area contributed by atoms with Gasteiger partial charge in [0.1, 0.15) is 0 Å². The van der Waals surface area contributed by atoms with Crippen LogP contribution in [0.5, 0.6) is 0 Å². The average molecular weight is 322 g/mol. The first-order chi connectivity index (χ1) is 10.7. The van der Waals surface area contributed by atoms with Gasteiger partial charge in [0.25, 0.3) is 0 Å². The predicted molar refractivity (Wildman–Crippen MR) is 76.9 cm³/mol. The fourth-order valence-corrected chi connectivity index (χ4v) is 2.16. The van der Waals surface area contributed by atoms with Gasteiger partial charge in [-0.05, 0) is 24.1 Å². The third-order valence-corrected chi connectivity index (χ3v) is 3.05. The summed E-state index contributed by atoms with van der Waals surface area (Å²) in [7, 11) is 0. The summed E-state index contributed by atoms with van der Waals surface area (Å²) < 4.78 is 4.71. The second-order valence-corrected chi connectivity index (χ2v) is 4.51. The molecule has 1 aromatic rings. The Morgan fingerprint density at radius 3 is 2.09 bits per heavy atom. The second kappa shape index (κ2) is 7.21. The van der Waals surface area contributed by atoms with Gasteiger partial charge >= 0.3 is 23.9 Å². The van der Waals surface area contributed by atoms with E-state index >= 15 is 0 Å². The number of carboxylic acid groups (broad SMARTS) is 3. The summed E-state index contributed by atoms with van der Waals surface area (Å²) in [5, 5.41) is 27.7. The molecule has 0 fully saturated rings. The van der Waals surface area contributed by atoms with Gasteiger partial charge in [-0.1, -0.05) is 6.58 Å². The number of esters is 1. The largest absolute Gasteiger partial charge is 0.478 e. The highest BCUT2D eigenvalue weighted by Crippen LogP contribution is 2.25. The van der Waals surface area contributed by atoms with Crippen LogP contribution < -0.4 is 0 Å². The molecule has 0 atom stereocenters. The van der Waals surface area contributed by atoms with Gasteiger partial charge in [-0.2, -0.15) is 0 Å². The molecule has 0 aromatic heterocycles. The van der Waals surface area contributed by atoms with Gasteiger partial charge in [0.05, 0.1) is 23.3 Å². The number of rotatable bonds is 7. The highest BCUT2D eigenvalue weighted by atomic mass is 16.5. The quantitative estimate of drug-likeness (QED) is 0.505. The summed E-state index contributed by atoms with van der Waals surface area (Å²) in [4.78, 5) is 45.0. The smallest absolute Gasteiger partial charge is 0.336 e. The van der Waals surface area contributed by atoms with E-state index in [1.165, 1.54) is 6.92 Å². The lowest BCUT2D eigenvalue weighted by Gasteiger charge is -2.15. The lowest BCUT2D eigenvalue weighted by atomic mass is 9.90. The van der Waals surface area contributed by atoms with Gasteiger partial charge in [-0.25, -0.2) is 19.2 Å². The number of hydrogen-bond donors (Lipinski definition) is 3. The van der Waals surface area contributed by atoms with Crippen LogP contribution in [0.1, 0.15) is 42.2 Å². The molecule has 0 aliphatic heterocycles. The number of carbonyl (C=O) groups is 4. The van der Waals surface area contributed by atoms with E-state index in [4.69, 9.17) is 9.84 Å². The molecule has 0 saturated carbocycles. The van der Waals surface area contributed by atoms with Crippen LogP contribution in [0.4, 0.5) is 0 Å². The van der Waals surface area contributed by atoms with Crippen molar-refractivity contribution >= 4 is 23.9 Å². The standard InChI is InChI=1S/C15H14O8/c1-3-10(16)23-5-4-8-11(14(19)20)7(2)6-9(13(17)18)12(8)15(21)22/h3,6H,1,4-5H2,2H3,(H,17,18)(H,19,20)(H,21,22). The molecule has 0 radical (unpaired) electrons. The molecule has 1 aromatic carbocycles. The minimum atomic E-state index is -1.57. The van der Waals surface area contributed by atoms with E-state index in [1.807, 2.05) is 0 Å². The molecule has 0 spiro atoms. The summed E-state index contributed by atoms with van der Waals surface area (Å²) in [5.41, 5.74) is -1.58. The van der Waals surface area contributed by atoms with Gasteiger partial charge in [0.15, 0.2) is 0 Å². The zero-order valence-corrected chi connectivity index (χ0v) is 12.2. The lowest BCUT2D eigenvalue weighted by molar-refractivity contribution is -0.137. The van der Waals surface area contributed by atoms with E-state index in [1.54, 1.807) is 0 Å². The fourth-order valence-electron chi connectivity index (χ4n) is 2.16. The molecule has 3 N–H and O–H groups in total. The summed E-state index contributed by atoms with van der Waals surface area (Å²) >= 11 is 0. The van der Waals surface area contributed by atoms with Crippen LogP contribution in [0.2, 0.25) is 0 Å². The van der Waals surface area contributed by atoms with Crippen LogP contribution in [0.25, 0.3) is 0 Å². The number of aryl methyl sites for hydroxylation is 1. The van der Waals surface area contributed by atoms with Crippen molar-refractivity contribution in [2.75, 3.05) is 6.61 Å². The molecule has 23 heavy (non-hydrogen) atoms. The van der Waals surface area contributed by atoms with Crippen molar-refractivity contribution < 1.29 is 39.2 Å². The van der Waals surface area contributed by atoms with Crippen molar-refractivity contribution in [2.45, 2.75) is 13.3 Å². The molecule has 0 amide bonds. The minimum absolute atomic E-state index is 0.102. The topological polar surface area (TPSA) is 138 Å². The van der Waals surface area contributed by atoms with Crippen molar-refractivity contribution in [3.05, 3.63) is 46.5 Å². The molecule has 0 bridgehead atoms. The Hall–Kier alpha value is -3.16. The van der Waals surface area contributed by atoms with E-state index in [-0.39, 0.29) is 29.7 Å². The van der Waals surface area contributed by atoms with Gasteiger partial charge in [0.2, 0.25) is 0 Å². The number of carbonyl (C=O) groups excluding carboxylic acids is 1. The van der Waals surface area contributed by atoms with Crippen LogP contribution in [0, 0.1) is 6.92 Å². The van der Waals surface area contributed by atoms with Crippen molar-refractivity contribution in [1.82, 2.24) is 0 Å². The van der Waals surface area contributed by atoms with Gasteiger partial charge < -0.3 is 20.1 Å². The van der Waals surface area contributed by atoms with Crippen LogP contribution in [-0.2, 0) is 16.0 Å². The SMILES string of the molecule is C=CC(=O)OCCc1c(C(=O)O)c(C)cc(C(=O)O)c1C(=O)O. The summed E-state index contributed by atoms with van der Waals surface area (Å²) in [6.45, 7) is 4.24. The third kappa shape index (κ3) is 3.94. The first-order valence-corrected chi connectivity index (χ1v) is 6.36. The molecule has 0 heterocycles. The van der Waals surface area contributed by atoms with Crippen molar-refractivity contribution in [3.63, 3.8) is 0 Å². The van der Waals surface area contributed by atoms with Gasteiger partial charge in [-0.3, -0.25) is 0 Å². The van der Waals surface area contributed by atoms with Crippen LogP contribution in [0.3, 0.4) is 0 Å². The Bertz CT molecular complexity index is 702. The summed E-state index contributed by atoms with van der Waals surface area (Å²) in [5.74, 6) is -5.22. The van der Waals surface area contributed by atoms with E-state index < -0.39 is 35.0 Å². The maximum atomic E-state index is 11.4. The zero-order valence-electron chi connectivity index (χ0n) is 12.2. The third-order valence-electron chi connectivity index (χ3n) is 3.05. The summed E-state index contributed by atoms with van der Waals surface area (Å²) in [6, 6.07) is 0.995. The fraction of sp³-hybridized carbons (Fsp3) is 0.200. The molecule has 1 rings (SSSR count). The number of benzene rings is 1. The van der Waals surface area contributed by atoms with E-state index in [2.05, 4.69) is 6.58 Å². The maximum Gasteiger partial charge on any atom is 0.336 e. The van der Waals surface area contributed by atoms with Crippen molar-refractivity contribution in [2.24, 2.45) is 0 Å². The van der Waals surface area contributed by atoms with Gasteiger partial charge in [0, 0.05) is 12.5 Å². The molecular formula is C15H14O8. The zero-order chi connectivity index (χ0) is 17.7. The van der Waals surface area contributed by atoms with Crippen molar-refractivity contribution in [3.8, 4) is 0 Å². The predicted octanol–water partition coefficient (Wildman–Crippen LogP) is 1.36.